The molecule has 1 fully saturated rings. The summed E-state index contributed by atoms with van der Waals surface area (Å²) in [4.78, 5) is 38.0. The highest BCUT2D eigenvalue weighted by Gasteiger charge is 2.21. The summed E-state index contributed by atoms with van der Waals surface area (Å²) in [5.74, 6) is -1.23. The number of carbonyl (C=O) groups excluding carboxylic acids is 3. The Hall–Kier alpha value is -2.51. The van der Waals surface area contributed by atoms with Crippen molar-refractivity contribution in [2.24, 2.45) is 5.92 Å². The number of benzene rings is 2. The van der Waals surface area contributed by atoms with Gasteiger partial charge in [0.1, 0.15) is 6.54 Å². The lowest BCUT2D eigenvalue weighted by molar-refractivity contribution is -0.147. The molecular formula is C23H25ClN2O4S. The van der Waals surface area contributed by atoms with Gasteiger partial charge in [-0.05, 0) is 49.2 Å². The second-order valence-corrected chi connectivity index (χ2v) is 8.87. The van der Waals surface area contributed by atoms with Crippen LogP contribution in [0.2, 0.25) is 5.02 Å². The van der Waals surface area contributed by atoms with E-state index in [-0.39, 0.29) is 18.4 Å². The molecule has 0 saturated heterocycles. The number of rotatable bonds is 8. The Morgan fingerprint density at radius 2 is 1.71 bits per heavy atom. The fourth-order valence-electron chi connectivity index (χ4n) is 3.34. The predicted octanol–water partition coefficient (Wildman–Crippen LogP) is 4.67. The molecule has 0 bridgehead atoms. The summed E-state index contributed by atoms with van der Waals surface area (Å²) >= 11 is 7.41. The monoisotopic (exact) mass is 460 g/mol. The van der Waals surface area contributed by atoms with Gasteiger partial charge in [0.05, 0.1) is 5.69 Å². The third-order valence-corrected chi connectivity index (χ3v) is 6.29. The summed E-state index contributed by atoms with van der Waals surface area (Å²) in [5.41, 5.74) is 0.620. The number of hydrogen-bond donors (Lipinski definition) is 2. The molecule has 3 rings (SSSR count). The zero-order chi connectivity index (χ0) is 22.1. The van der Waals surface area contributed by atoms with Crippen LogP contribution >= 0.6 is 23.4 Å². The van der Waals surface area contributed by atoms with Gasteiger partial charge in [0.15, 0.2) is 6.61 Å². The Labute approximate surface area is 191 Å². The standard InChI is InChI=1S/C23H25ClN2O4S/c24-17-10-12-18(13-11-17)31-20-9-5-4-8-19(20)26-21(27)15-30-22(28)14-25-23(29)16-6-2-1-3-7-16/h4-5,8-13,16H,1-3,6-7,14-15H2,(H,25,29)(H,26,27). The van der Waals surface area contributed by atoms with E-state index in [4.69, 9.17) is 16.3 Å². The van der Waals surface area contributed by atoms with Gasteiger partial charge in [-0.25, -0.2) is 0 Å². The van der Waals surface area contributed by atoms with Crippen molar-refractivity contribution in [2.75, 3.05) is 18.5 Å². The van der Waals surface area contributed by atoms with Crippen molar-refractivity contribution in [3.8, 4) is 0 Å². The van der Waals surface area contributed by atoms with Crippen molar-refractivity contribution in [3.05, 3.63) is 53.6 Å². The van der Waals surface area contributed by atoms with Crippen LogP contribution in [0, 0.1) is 5.92 Å². The highest BCUT2D eigenvalue weighted by Crippen LogP contribution is 2.33. The number of halogens is 1. The Bertz CT molecular complexity index is 914. The Morgan fingerprint density at radius 3 is 2.45 bits per heavy atom. The normalized spacial score (nSPS) is 14.0. The molecule has 8 heteroatoms. The second kappa shape index (κ2) is 11.8. The molecule has 0 radical (unpaired) electrons. The Balaban J connectivity index is 1.44. The molecule has 0 aliphatic heterocycles. The topological polar surface area (TPSA) is 84.5 Å². The Morgan fingerprint density at radius 1 is 1.00 bits per heavy atom. The van der Waals surface area contributed by atoms with Gasteiger partial charge in [-0.2, -0.15) is 0 Å². The molecule has 6 nitrogen and oxygen atoms in total. The first-order valence-corrected chi connectivity index (χ1v) is 11.5. The van der Waals surface area contributed by atoms with Crippen LogP contribution in [0.15, 0.2) is 58.3 Å². The molecule has 31 heavy (non-hydrogen) atoms. The van der Waals surface area contributed by atoms with Crippen molar-refractivity contribution >= 4 is 46.8 Å². The molecule has 2 aromatic rings. The summed E-state index contributed by atoms with van der Waals surface area (Å²) in [6.45, 7) is -0.649. The fourth-order valence-corrected chi connectivity index (χ4v) is 4.37. The molecule has 2 amide bonds. The maximum atomic E-state index is 12.2. The van der Waals surface area contributed by atoms with Gasteiger partial charge in [-0.15, -0.1) is 0 Å². The minimum atomic E-state index is -0.636. The fraction of sp³-hybridized carbons (Fsp3) is 0.348. The van der Waals surface area contributed by atoms with E-state index in [0.717, 1.165) is 41.9 Å². The second-order valence-electron chi connectivity index (χ2n) is 7.31. The lowest BCUT2D eigenvalue weighted by Gasteiger charge is -2.20. The van der Waals surface area contributed by atoms with Crippen LogP contribution < -0.4 is 10.6 Å². The molecule has 1 saturated carbocycles. The van der Waals surface area contributed by atoms with E-state index < -0.39 is 18.5 Å². The number of para-hydroxylation sites is 1. The zero-order valence-electron chi connectivity index (χ0n) is 17.1. The molecule has 1 aliphatic rings. The molecule has 0 spiro atoms. The van der Waals surface area contributed by atoms with Crippen LogP contribution in [0.5, 0.6) is 0 Å². The van der Waals surface area contributed by atoms with Gasteiger partial charge in [0, 0.05) is 20.7 Å². The van der Waals surface area contributed by atoms with Gasteiger partial charge in [-0.1, -0.05) is 54.8 Å². The molecular weight excluding hydrogens is 436 g/mol. The smallest absolute Gasteiger partial charge is 0.325 e. The summed E-state index contributed by atoms with van der Waals surface area (Å²) in [7, 11) is 0. The van der Waals surface area contributed by atoms with E-state index in [1.807, 2.05) is 30.3 Å². The van der Waals surface area contributed by atoms with Gasteiger partial charge in [-0.3, -0.25) is 14.4 Å². The third-order valence-electron chi connectivity index (χ3n) is 4.95. The largest absolute Gasteiger partial charge is 0.454 e. The third kappa shape index (κ3) is 7.60. The summed E-state index contributed by atoms with van der Waals surface area (Å²) in [5, 5.41) is 6.03. The number of ether oxygens (including phenoxy) is 1. The number of amides is 2. The number of nitrogens with one attached hydrogen (secondary N) is 2. The van der Waals surface area contributed by atoms with E-state index in [0.29, 0.717) is 10.7 Å². The maximum absolute atomic E-state index is 12.2. The van der Waals surface area contributed by atoms with E-state index in [2.05, 4.69) is 10.6 Å². The molecule has 0 atom stereocenters. The van der Waals surface area contributed by atoms with Crippen LogP contribution in [-0.4, -0.2) is 30.9 Å². The number of esters is 1. The van der Waals surface area contributed by atoms with Gasteiger partial charge < -0.3 is 15.4 Å². The number of carbonyl (C=O) groups is 3. The average Bonchev–Trinajstić information content (AvgIpc) is 2.79. The van der Waals surface area contributed by atoms with Crippen molar-refractivity contribution in [1.29, 1.82) is 0 Å². The number of anilines is 1. The van der Waals surface area contributed by atoms with Gasteiger partial charge in [0.25, 0.3) is 5.91 Å². The van der Waals surface area contributed by atoms with Crippen molar-refractivity contribution in [2.45, 2.75) is 41.9 Å². The first-order chi connectivity index (χ1) is 15.0. The predicted molar refractivity (Wildman–Crippen MR) is 121 cm³/mol. The van der Waals surface area contributed by atoms with E-state index in [1.54, 1.807) is 18.2 Å². The first kappa shape index (κ1) is 23.2. The molecule has 164 valence electrons. The molecule has 0 unspecified atom stereocenters. The van der Waals surface area contributed by atoms with Crippen LogP contribution in [0.3, 0.4) is 0 Å². The van der Waals surface area contributed by atoms with Gasteiger partial charge in [0.2, 0.25) is 5.91 Å². The quantitative estimate of drug-likeness (QED) is 0.559. The molecule has 1 aliphatic carbocycles. The SMILES string of the molecule is O=C(COC(=O)CNC(=O)C1CCCCC1)Nc1ccccc1Sc1ccc(Cl)cc1. The van der Waals surface area contributed by atoms with Crippen LogP contribution in [0.1, 0.15) is 32.1 Å². The maximum Gasteiger partial charge on any atom is 0.325 e. The van der Waals surface area contributed by atoms with Crippen molar-refractivity contribution in [1.82, 2.24) is 5.32 Å². The zero-order valence-corrected chi connectivity index (χ0v) is 18.6. The van der Waals surface area contributed by atoms with Crippen LogP contribution in [0.25, 0.3) is 0 Å². The minimum absolute atomic E-state index is 0.0282. The summed E-state index contributed by atoms with van der Waals surface area (Å²) < 4.78 is 5.00. The summed E-state index contributed by atoms with van der Waals surface area (Å²) in [6.07, 6.45) is 4.96. The molecule has 2 aromatic carbocycles. The van der Waals surface area contributed by atoms with Crippen LogP contribution in [0.4, 0.5) is 5.69 Å². The highest BCUT2D eigenvalue weighted by molar-refractivity contribution is 7.99. The average molecular weight is 461 g/mol. The van der Waals surface area contributed by atoms with Crippen molar-refractivity contribution in [3.63, 3.8) is 0 Å². The van der Waals surface area contributed by atoms with Gasteiger partial charge >= 0.3 is 5.97 Å². The summed E-state index contributed by atoms with van der Waals surface area (Å²) in [6, 6.07) is 14.8. The number of hydrogen-bond acceptors (Lipinski definition) is 5. The lowest BCUT2D eigenvalue weighted by Crippen LogP contribution is -2.36. The Kier molecular flexibility index (Phi) is 8.79. The van der Waals surface area contributed by atoms with E-state index >= 15 is 0 Å². The lowest BCUT2D eigenvalue weighted by atomic mass is 9.89. The molecule has 0 aromatic heterocycles. The first-order valence-electron chi connectivity index (χ1n) is 10.3. The minimum Gasteiger partial charge on any atom is -0.454 e. The van der Waals surface area contributed by atoms with E-state index in [1.165, 1.54) is 11.8 Å². The molecule has 0 heterocycles. The van der Waals surface area contributed by atoms with Crippen molar-refractivity contribution < 1.29 is 19.1 Å². The highest BCUT2D eigenvalue weighted by atomic mass is 35.5. The van der Waals surface area contributed by atoms with Crippen LogP contribution in [-0.2, 0) is 19.1 Å². The molecule has 2 N–H and O–H groups in total. The van der Waals surface area contributed by atoms with E-state index in [9.17, 15) is 14.4 Å².